The maximum Gasteiger partial charge on any atom is 0.309 e. The molecule has 1 aromatic carbocycles. The van der Waals surface area contributed by atoms with E-state index in [-0.39, 0.29) is 23.6 Å². The Morgan fingerprint density at radius 1 is 1.20 bits per heavy atom. The molecule has 8 heteroatoms. The summed E-state index contributed by atoms with van der Waals surface area (Å²) in [6, 6.07) is 10.9. The number of likely N-dealkylation sites (tertiary alicyclic amines) is 1. The highest BCUT2D eigenvalue weighted by molar-refractivity contribution is 6.02. The maximum absolute atomic E-state index is 12.0. The fourth-order valence-electron chi connectivity index (χ4n) is 3.41. The van der Waals surface area contributed by atoms with Gasteiger partial charge in [0.25, 0.3) is 5.91 Å². The van der Waals surface area contributed by atoms with Crippen molar-refractivity contribution < 1.29 is 18.7 Å². The third-order valence-electron chi connectivity index (χ3n) is 5.03. The van der Waals surface area contributed by atoms with Crippen molar-refractivity contribution in [3.8, 4) is 0 Å². The van der Waals surface area contributed by atoms with Crippen LogP contribution in [0.4, 0.5) is 5.69 Å². The van der Waals surface area contributed by atoms with Crippen molar-refractivity contribution in [3.05, 3.63) is 54.0 Å². The van der Waals surface area contributed by atoms with Crippen molar-refractivity contribution in [1.29, 1.82) is 0 Å². The number of nitrogens with one attached hydrogen (secondary N) is 2. The van der Waals surface area contributed by atoms with Crippen molar-refractivity contribution >= 4 is 23.5 Å². The van der Waals surface area contributed by atoms with Crippen LogP contribution in [-0.4, -0.2) is 49.5 Å². The molecule has 1 aliphatic rings. The lowest BCUT2D eigenvalue weighted by Crippen LogP contribution is -2.46. The van der Waals surface area contributed by atoms with Crippen LogP contribution in [0.3, 0.4) is 0 Å². The average Bonchev–Trinajstić information content (AvgIpc) is 3.31. The van der Waals surface area contributed by atoms with Gasteiger partial charge in [0.15, 0.2) is 11.7 Å². The zero-order valence-electron chi connectivity index (χ0n) is 17.4. The standard InChI is InChI=1S/C22H28N4O4/c1-3-29-21(28)17-10-12-26(13-11-17)22(23-2)24-15-16-6-8-18(9-7-16)25-20(27)19-5-4-14-30-19/h4-9,14,17H,3,10-13,15H2,1-2H3,(H,23,24)(H,25,27). The Balaban J connectivity index is 1.47. The van der Waals surface area contributed by atoms with Gasteiger partial charge in [-0.2, -0.15) is 0 Å². The molecule has 1 saturated heterocycles. The largest absolute Gasteiger partial charge is 0.466 e. The molecule has 1 amide bonds. The zero-order valence-corrected chi connectivity index (χ0v) is 17.4. The Morgan fingerprint density at radius 2 is 1.93 bits per heavy atom. The number of piperidine rings is 1. The van der Waals surface area contributed by atoms with Crippen molar-refractivity contribution in [2.75, 3.05) is 32.1 Å². The van der Waals surface area contributed by atoms with Gasteiger partial charge in [-0.1, -0.05) is 12.1 Å². The monoisotopic (exact) mass is 412 g/mol. The molecule has 1 aromatic heterocycles. The molecule has 160 valence electrons. The number of esters is 1. The quantitative estimate of drug-likeness (QED) is 0.430. The van der Waals surface area contributed by atoms with E-state index >= 15 is 0 Å². The number of carbonyl (C=O) groups is 2. The number of carbonyl (C=O) groups excluding carboxylic acids is 2. The van der Waals surface area contributed by atoms with Gasteiger partial charge in [0, 0.05) is 32.4 Å². The Hall–Kier alpha value is -3.29. The molecule has 0 unspecified atom stereocenters. The second-order valence-corrected chi connectivity index (χ2v) is 7.04. The van der Waals surface area contributed by atoms with Crippen LogP contribution in [0, 0.1) is 5.92 Å². The molecule has 0 radical (unpaired) electrons. The molecule has 0 atom stereocenters. The van der Waals surface area contributed by atoms with E-state index in [2.05, 4.69) is 20.5 Å². The van der Waals surface area contributed by atoms with E-state index in [4.69, 9.17) is 9.15 Å². The number of aliphatic imine (C=N–C) groups is 1. The molecule has 1 aliphatic heterocycles. The van der Waals surface area contributed by atoms with E-state index in [0.29, 0.717) is 18.8 Å². The molecular weight excluding hydrogens is 384 g/mol. The number of guanidine groups is 1. The predicted molar refractivity (Wildman–Crippen MR) is 114 cm³/mol. The van der Waals surface area contributed by atoms with Crippen LogP contribution in [0.15, 0.2) is 52.1 Å². The molecule has 2 heterocycles. The fourth-order valence-corrected chi connectivity index (χ4v) is 3.41. The maximum atomic E-state index is 12.0. The molecule has 1 fully saturated rings. The third kappa shape index (κ3) is 5.62. The van der Waals surface area contributed by atoms with Crippen LogP contribution >= 0.6 is 0 Å². The molecule has 2 aromatic rings. The molecular formula is C22H28N4O4. The summed E-state index contributed by atoms with van der Waals surface area (Å²) in [5.74, 6) is 0.684. The minimum absolute atomic E-state index is 0.0248. The first-order valence-electron chi connectivity index (χ1n) is 10.2. The van der Waals surface area contributed by atoms with Gasteiger partial charge in [-0.25, -0.2) is 0 Å². The number of nitrogens with zero attached hydrogens (tertiary/aromatic N) is 2. The van der Waals surface area contributed by atoms with E-state index < -0.39 is 0 Å². The molecule has 2 N–H and O–H groups in total. The highest BCUT2D eigenvalue weighted by Gasteiger charge is 2.27. The Morgan fingerprint density at radius 3 is 2.53 bits per heavy atom. The zero-order chi connectivity index (χ0) is 21.3. The van der Waals surface area contributed by atoms with Gasteiger partial charge in [0.05, 0.1) is 18.8 Å². The predicted octanol–water partition coefficient (Wildman–Crippen LogP) is 2.88. The van der Waals surface area contributed by atoms with Gasteiger partial charge in [-0.15, -0.1) is 0 Å². The van der Waals surface area contributed by atoms with Crippen LogP contribution in [-0.2, 0) is 16.1 Å². The summed E-state index contributed by atoms with van der Waals surface area (Å²) in [5, 5.41) is 6.16. The number of ether oxygens (including phenoxy) is 1. The summed E-state index contributed by atoms with van der Waals surface area (Å²) in [5.41, 5.74) is 1.76. The van der Waals surface area contributed by atoms with Crippen LogP contribution in [0.1, 0.15) is 35.9 Å². The van der Waals surface area contributed by atoms with Gasteiger partial charge in [0.2, 0.25) is 0 Å². The molecule has 0 bridgehead atoms. The van der Waals surface area contributed by atoms with Gasteiger partial charge < -0.3 is 24.7 Å². The number of anilines is 1. The van der Waals surface area contributed by atoms with Gasteiger partial charge >= 0.3 is 5.97 Å². The lowest BCUT2D eigenvalue weighted by atomic mass is 9.97. The SMILES string of the molecule is CCOC(=O)C1CCN(C(=NC)NCc2ccc(NC(=O)c3ccco3)cc2)CC1. The minimum atomic E-state index is -0.280. The van der Waals surface area contributed by atoms with Gasteiger partial charge in [-0.3, -0.25) is 14.6 Å². The fraction of sp³-hybridized carbons (Fsp3) is 0.409. The Kier molecular flexibility index (Phi) is 7.48. The first kappa shape index (κ1) is 21.4. The minimum Gasteiger partial charge on any atom is -0.466 e. The van der Waals surface area contributed by atoms with Crippen molar-refractivity contribution in [2.24, 2.45) is 10.9 Å². The lowest BCUT2D eigenvalue weighted by Gasteiger charge is -2.33. The molecule has 0 saturated carbocycles. The number of rotatable bonds is 6. The summed E-state index contributed by atoms with van der Waals surface area (Å²) in [7, 11) is 1.76. The van der Waals surface area contributed by atoms with Crippen LogP contribution in [0.25, 0.3) is 0 Å². The van der Waals surface area contributed by atoms with Crippen molar-refractivity contribution in [3.63, 3.8) is 0 Å². The molecule has 3 rings (SSSR count). The van der Waals surface area contributed by atoms with E-state index in [1.807, 2.05) is 31.2 Å². The number of hydrogen-bond donors (Lipinski definition) is 2. The van der Waals surface area contributed by atoms with Crippen molar-refractivity contribution in [2.45, 2.75) is 26.3 Å². The van der Waals surface area contributed by atoms with E-state index in [9.17, 15) is 9.59 Å². The second kappa shape index (κ2) is 10.5. The van der Waals surface area contributed by atoms with E-state index in [1.165, 1.54) is 6.26 Å². The Labute approximate surface area is 176 Å². The summed E-state index contributed by atoms with van der Waals surface area (Å²) >= 11 is 0. The summed E-state index contributed by atoms with van der Waals surface area (Å²) in [6.07, 6.45) is 3.00. The molecule has 0 aliphatic carbocycles. The molecule has 0 spiro atoms. The lowest BCUT2D eigenvalue weighted by molar-refractivity contribution is -0.149. The second-order valence-electron chi connectivity index (χ2n) is 7.04. The van der Waals surface area contributed by atoms with Crippen LogP contribution in [0.5, 0.6) is 0 Å². The molecule has 30 heavy (non-hydrogen) atoms. The normalized spacial score (nSPS) is 15.0. The van der Waals surface area contributed by atoms with Gasteiger partial charge in [0.1, 0.15) is 0 Å². The van der Waals surface area contributed by atoms with E-state index in [1.54, 1.807) is 19.2 Å². The van der Waals surface area contributed by atoms with Crippen molar-refractivity contribution in [1.82, 2.24) is 10.2 Å². The number of amides is 1. The van der Waals surface area contributed by atoms with E-state index in [0.717, 1.165) is 37.5 Å². The summed E-state index contributed by atoms with van der Waals surface area (Å²) in [6.45, 7) is 4.39. The number of hydrogen-bond acceptors (Lipinski definition) is 5. The highest BCUT2D eigenvalue weighted by atomic mass is 16.5. The first-order valence-corrected chi connectivity index (χ1v) is 10.2. The Bertz CT molecular complexity index is 854. The van der Waals surface area contributed by atoms with Gasteiger partial charge in [-0.05, 0) is 49.6 Å². The molecule has 8 nitrogen and oxygen atoms in total. The smallest absolute Gasteiger partial charge is 0.309 e. The number of furan rings is 1. The van der Waals surface area contributed by atoms with Crippen LogP contribution < -0.4 is 10.6 Å². The average molecular weight is 412 g/mol. The third-order valence-corrected chi connectivity index (χ3v) is 5.03. The number of benzene rings is 1. The summed E-state index contributed by atoms with van der Waals surface area (Å²) < 4.78 is 10.2. The highest BCUT2D eigenvalue weighted by Crippen LogP contribution is 2.19. The summed E-state index contributed by atoms with van der Waals surface area (Å²) in [4.78, 5) is 30.4. The first-order chi connectivity index (χ1) is 14.6. The van der Waals surface area contributed by atoms with Crippen LogP contribution in [0.2, 0.25) is 0 Å². The topological polar surface area (TPSA) is 96.2 Å².